The van der Waals surface area contributed by atoms with Crippen LogP contribution in [0, 0.1) is 0 Å². The highest BCUT2D eigenvalue weighted by Crippen LogP contribution is 2.11. The average molecular weight is 236 g/mol. The number of fused-ring (bicyclic) bond motifs is 1. The molecule has 92 valence electrons. The van der Waals surface area contributed by atoms with Crippen molar-refractivity contribution in [2.24, 2.45) is 0 Å². The van der Waals surface area contributed by atoms with E-state index in [4.69, 9.17) is 9.15 Å². The zero-order valence-electron chi connectivity index (χ0n) is 9.97. The van der Waals surface area contributed by atoms with Crippen LogP contribution in [0.25, 0.3) is 11.1 Å². The maximum absolute atomic E-state index is 11.7. The molecule has 1 N–H and O–H groups in total. The molecule has 5 heteroatoms. The Kier molecular flexibility index (Phi) is 3.61. The summed E-state index contributed by atoms with van der Waals surface area (Å²) >= 11 is 0. The van der Waals surface area contributed by atoms with E-state index in [0.717, 1.165) is 5.52 Å². The number of nitrogens with zero attached hydrogens (tertiary/aromatic N) is 1. The molecule has 0 saturated heterocycles. The minimum Gasteiger partial charge on any atom is -0.408 e. The number of para-hydroxylation sites is 2. The van der Waals surface area contributed by atoms with Gasteiger partial charge in [0.25, 0.3) is 0 Å². The van der Waals surface area contributed by atoms with Crippen LogP contribution >= 0.6 is 0 Å². The van der Waals surface area contributed by atoms with Gasteiger partial charge in [-0.3, -0.25) is 4.57 Å². The van der Waals surface area contributed by atoms with Gasteiger partial charge in [-0.1, -0.05) is 12.1 Å². The van der Waals surface area contributed by atoms with E-state index in [1.54, 1.807) is 17.7 Å². The molecular formula is C12H16N2O3. The normalized spacial score (nSPS) is 13.1. The van der Waals surface area contributed by atoms with Gasteiger partial charge in [0.1, 0.15) is 0 Å². The van der Waals surface area contributed by atoms with Crippen molar-refractivity contribution >= 4 is 11.1 Å². The van der Waals surface area contributed by atoms with Crippen LogP contribution in [0.15, 0.2) is 33.5 Å². The van der Waals surface area contributed by atoms with Gasteiger partial charge in [-0.15, -0.1) is 0 Å². The number of likely N-dealkylation sites (N-methyl/N-ethyl adjacent to an activating group) is 1. The molecule has 0 bridgehead atoms. The second-order valence-electron chi connectivity index (χ2n) is 3.89. The number of aromatic nitrogens is 1. The van der Waals surface area contributed by atoms with E-state index in [2.05, 4.69) is 5.32 Å². The summed E-state index contributed by atoms with van der Waals surface area (Å²) in [5, 5.41) is 3.11. The lowest BCUT2D eigenvalue weighted by Gasteiger charge is -2.14. The molecule has 0 aliphatic rings. The summed E-state index contributed by atoms with van der Waals surface area (Å²) in [5.41, 5.74) is 1.43. The smallest absolute Gasteiger partial charge is 0.408 e. The SMILES string of the molecule is CNC(COC)Cn1c(=O)oc2ccccc21. The Morgan fingerprint density at radius 2 is 2.24 bits per heavy atom. The molecule has 5 nitrogen and oxygen atoms in total. The predicted octanol–water partition coefficient (Wildman–Crippen LogP) is 0.829. The summed E-state index contributed by atoms with van der Waals surface area (Å²) in [7, 11) is 3.48. The minimum absolute atomic E-state index is 0.0821. The Morgan fingerprint density at radius 1 is 1.47 bits per heavy atom. The largest absolute Gasteiger partial charge is 0.420 e. The Labute approximate surface area is 99.0 Å². The van der Waals surface area contributed by atoms with Gasteiger partial charge < -0.3 is 14.5 Å². The summed E-state index contributed by atoms with van der Waals surface area (Å²) < 4.78 is 11.9. The van der Waals surface area contributed by atoms with Crippen molar-refractivity contribution in [2.45, 2.75) is 12.6 Å². The molecular weight excluding hydrogens is 220 g/mol. The molecule has 1 heterocycles. The number of oxazole rings is 1. The van der Waals surface area contributed by atoms with Crippen LogP contribution in [0.3, 0.4) is 0 Å². The van der Waals surface area contributed by atoms with Crippen molar-refractivity contribution in [2.75, 3.05) is 20.8 Å². The van der Waals surface area contributed by atoms with Gasteiger partial charge in [0, 0.05) is 19.7 Å². The molecule has 0 amide bonds. The summed E-state index contributed by atoms with van der Waals surface area (Å²) in [6, 6.07) is 7.48. The first-order valence-electron chi connectivity index (χ1n) is 5.51. The van der Waals surface area contributed by atoms with Crippen molar-refractivity contribution in [3.63, 3.8) is 0 Å². The fourth-order valence-corrected chi connectivity index (χ4v) is 1.84. The van der Waals surface area contributed by atoms with Crippen molar-refractivity contribution in [1.29, 1.82) is 0 Å². The molecule has 1 aromatic heterocycles. The second kappa shape index (κ2) is 5.16. The Morgan fingerprint density at radius 3 is 2.94 bits per heavy atom. The Hall–Kier alpha value is -1.59. The molecule has 0 spiro atoms. The Bertz CT molecular complexity index is 544. The quantitative estimate of drug-likeness (QED) is 0.835. The summed E-state index contributed by atoms with van der Waals surface area (Å²) in [6.07, 6.45) is 0. The predicted molar refractivity (Wildman–Crippen MR) is 65.2 cm³/mol. The lowest BCUT2D eigenvalue weighted by atomic mass is 10.3. The molecule has 0 aliphatic heterocycles. The average Bonchev–Trinajstić information content (AvgIpc) is 2.65. The van der Waals surface area contributed by atoms with Crippen LogP contribution in [0.2, 0.25) is 0 Å². The number of methoxy groups -OCH3 is 1. The van der Waals surface area contributed by atoms with Crippen LogP contribution in [-0.2, 0) is 11.3 Å². The molecule has 0 fully saturated rings. The highest BCUT2D eigenvalue weighted by molar-refractivity contribution is 5.72. The number of rotatable bonds is 5. The Balaban J connectivity index is 2.34. The maximum atomic E-state index is 11.7. The van der Waals surface area contributed by atoms with E-state index < -0.39 is 0 Å². The molecule has 2 rings (SSSR count). The molecule has 1 unspecified atom stereocenters. The molecule has 2 aromatic rings. The topological polar surface area (TPSA) is 56.4 Å². The van der Waals surface area contributed by atoms with E-state index in [1.807, 2.05) is 25.2 Å². The number of ether oxygens (including phenoxy) is 1. The molecule has 1 atom stereocenters. The van der Waals surface area contributed by atoms with Gasteiger partial charge in [-0.2, -0.15) is 0 Å². The first kappa shape index (κ1) is 11.9. The number of benzene rings is 1. The van der Waals surface area contributed by atoms with Crippen molar-refractivity contribution < 1.29 is 9.15 Å². The van der Waals surface area contributed by atoms with Crippen LogP contribution in [-0.4, -0.2) is 31.4 Å². The first-order valence-corrected chi connectivity index (χ1v) is 5.51. The van der Waals surface area contributed by atoms with Gasteiger partial charge in [0.2, 0.25) is 0 Å². The van der Waals surface area contributed by atoms with Crippen molar-refractivity contribution in [1.82, 2.24) is 9.88 Å². The van der Waals surface area contributed by atoms with Crippen molar-refractivity contribution in [3.05, 3.63) is 34.8 Å². The summed E-state index contributed by atoms with van der Waals surface area (Å²) in [4.78, 5) is 11.7. The van der Waals surface area contributed by atoms with Crippen molar-refractivity contribution in [3.8, 4) is 0 Å². The molecule has 17 heavy (non-hydrogen) atoms. The number of hydrogen-bond donors (Lipinski definition) is 1. The highest BCUT2D eigenvalue weighted by atomic mass is 16.5. The van der Waals surface area contributed by atoms with E-state index in [-0.39, 0.29) is 11.8 Å². The maximum Gasteiger partial charge on any atom is 0.420 e. The second-order valence-corrected chi connectivity index (χ2v) is 3.89. The van der Waals surface area contributed by atoms with E-state index in [1.165, 1.54) is 0 Å². The van der Waals surface area contributed by atoms with Gasteiger partial charge in [-0.05, 0) is 19.2 Å². The standard InChI is InChI=1S/C12H16N2O3/c1-13-9(8-16-2)7-14-10-5-3-4-6-11(10)17-12(14)15/h3-6,9,13H,7-8H2,1-2H3. The lowest BCUT2D eigenvalue weighted by molar-refractivity contribution is 0.161. The zero-order valence-corrected chi connectivity index (χ0v) is 9.97. The first-order chi connectivity index (χ1) is 8.26. The third kappa shape index (κ3) is 2.40. The fraction of sp³-hybridized carbons (Fsp3) is 0.417. The monoisotopic (exact) mass is 236 g/mol. The van der Waals surface area contributed by atoms with Crippen LogP contribution in [0.5, 0.6) is 0 Å². The fourth-order valence-electron chi connectivity index (χ4n) is 1.84. The lowest BCUT2D eigenvalue weighted by Crippen LogP contribution is -2.36. The van der Waals surface area contributed by atoms with Crippen LogP contribution < -0.4 is 11.1 Å². The van der Waals surface area contributed by atoms with Gasteiger partial charge in [0.15, 0.2) is 5.58 Å². The van der Waals surface area contributed by atoms with E-state index >= 15 is 0 Å². The third-order valence-electron chi connectivity index (χ3n) is 2.75. The third-order valence-corrected chi connectivity index (χ3v) is 2.75. The summed E-state index contributed by atoms with van der Waals surface area (Å²) in [5.74, 6) is -0.331. The molecule has 1 aromatic carbocycles. The van der Waals surface area contributed by atoms with E-state index in [0.29, 0.717) is 18.7 Å². The molecule has 0 radical (unpaired) electrons. The number of nitrogens with one attached hydrogen (secondary N) is 1. The molecule has 0 aliphatic carbocycles. The number of hydrogen-bond acceptors (Lipinski definition) is 4. The van der Waals surface area contributed by atoms with E-state index in [9.17, 15) is 4.79 Å². The zero-order chi connectivity index (χ0) is 12.3. The minimum atomic E-state index is -0.331. The molecule has 0 saturated carbocycles. The van der Waals surface area contributed by atoms with Gasteiger partial charge >= 0.3 is 5.76 Å². The van der Waals surface area contributed by atoms with Gasteiger partial charge in [0.05, 0.1) is 12.1 Å². The van der Waals surface area contributed by atoms with Gasteiger partial charge in [-0.25, -0.2) is 4.79 Å². The highest BCUT2D eigenvalue weighted by Gasteiger charge is 2.13. The van der Waals surface area contributed by atoms with Crippen LogP contribution in [0.4, 0.5) is 0 Å². The summed E-state index contributed by atoms with van der Waals surface area (Å²) in [6.45, 7) is 1.07. The van der Waals surface area contributed by atoms with Crippen LogP contribution in [0.1, 0.15) is 0 Å².